The van der Waals surface area contributed by atoms with Gasteiger partial charge in [-0.1, -0.05) is 66.7 Å². The Kier molecular flexibility index (Phi) is 3.24. The van der Waals surface area contributed by atoms with Crippen LogP contribution in [-0.4, -0.2) is 0 Å². The van der Waals surface area contributed by atoms with Crippen molar-refractivity contribution in [2.75, 3.05) is 0 Å². The number of benzene rings is 2. The highest BCUT2D eigenvalue weighted by Crippen LogP contribution is 2.33. The van der Waals surface area contributed by atoms with Crippen LogP contribution >= 0.6 is 11.3 Å². The van der Waals surface area contributed by atoms with Gasteiger partial charge in [-0.2, -0.15) is 0 Å². The second-order valence-electron chi connectivity index (χ2n) is 4.08. The third kappa shape index (κ3) is 2.22. The molecule has 1 aromatic heterocycles. The normalized spacial score (nSPS) is 10.7. The average molecular weight is 249 g/mol. The Hall–Kier alpha value is -1.86. The van der Waals surface area contributed by atoms with Gasteiger partial charge >= 0.3 is 0 Å². The van der Waals surface area contributed by atoms with Gasteiger partial charge in [-0.3, -0.25) is 0 Å². The van der Waals surface area contributed by atoms with E-state index in [4.69, 9.17) is 0 Å². The van der Waals surface area contributed by atoms with Crippen molar-refractivity contribution in [2.45, 2.75) is 0 Å². The van der Waals surface area contributed by atoms with Gasteiger partial charge in [-0.05, 0) is 22.6 Å². The topological polar surface area (TPSA) is 0 Å². The van der Waals surface area contributed by atoms with Crippen LogP contribution in [0.2, 0.25) is 0 Å². The molecule has 0 bridgehead atoms. The van der Waals surface area contributed by atoms with Gasteiger partial charge in [0.15, 0.2) is 0 Å². The quantitative estimate of drug-likeness (QED) is 0.627. The summed E-state index contributed by atoms with van der Waals surface area (Å²) in [6, 6.07) is 25.4. The third-order valence-corrected chi connectivity index (χ3v) is 3.78. The molecule has 0 aliphatic heterocycles. The van der Waals surface area contributed by atoms with Gasteiger partial charge < -0.3 is 0 Å². The zero-order valence-corrected chi connectivity index (χ0v) is 10.7. The first-order chi connectivity index (χ1) is 8.95. The van der Waals surface area contributed by atoms with Crippen LogP contribution in [-0.2, 0) is 0 Å². The van der Waals surface area contributed by atoms with Gasteiger partial charge in [-0.25, -0.2) is 0 Å². The molecule has 1 heteroatoms. The van der Waals surface area contributed by atoms with Crippen molar-refractivity contribution in [2.24, 2.45) is 0 Å². The lowest BCUT2D eigenvalue weighted by Gasteiger charge is -2.15. The second-order valence-corrected chi connectivity index (χ2v) is 5.03. The van der Waals surface area contributed by atoms with Crippen molar-refractivity contribution in [1.29, 1.82) is 0 Å². The van der Waals surface area contributed by atoms with E-state index in [0.29, 0.717) is 0 Å². The maximum absolute atomic E-state index is 2.18. The molecule has 0 amide bonds. The summed E-state index contributed by atoms with van der Waals surface area (Å²) < 4.78 is 0. The van der Waals surface area contributed by atoms with Crippen molar-refractivity contribution in [1.82, 2.24) is 0 Å². The molecule has 0 nitrogen and oxygen atoms in total. The smallest absolute Gasteiger partial charge is 0.0730 e. The molecular weight excluding hydrogens is 236 g/mol. The van der Waals surface area contributed by atoms with Crippen molar-refractivity contribution in [3.63, 3.8) is 0 Å². The minimum Gasteiger partial charge on any atom is -0.148 e. The molecule has 0 saturated carbocycles. The first kappa shape index (κ1) is 11.2. The zero-order valence-electron chi connectivity index (χ0n) is 9.91. The second kappa shape index (κ2) is 5.19. The first-order valence-electron chi connectivity index (χ1n) is 5.97. The van der Waals surface area contributed by atoms with Crippen LogP contribution in [0, 0.1) is 5.92 Å². The summed E-state index contributed by atoms with van der Waals surface area (Å²) in [6.07, 6.45) is 0. The van der Waals surface area contributed by atoms with Gasteiger partial charge in [-0.15, -0.1) is 11.3 Å². The predicted molar refractivity (Wildman–Crippen MR) is 77.8 cm³/mol. The fourth-order valence-electron chi connectivity index (χ4n) is 2.08. The highest BCUT2D eigenvalue weighted by atomic mass is 32.1. The van der Waals surface area contributed by atoms with E-state index in [-0.39, 0.29) is 0 Å². The molecule has 2 aromatic carbocycles. The SMILES string of the molecule is c1ccc([C](c2ccccc2)c2cccs2)cc1. The highest BCUT2D eigenvalue weighted by molar-refractivity contribution is 7.10. The van der Waals surface area contributed by atoms with Crippen LogP contribution in [0.1, 0.15) is 16.0 Å². The van der Waals surface area contributed by atoms with Crippen LogP contribution in [0.5, 0.6) is 0 Å². The van der Waals surface area contributed by atoms with Crippen molar-refractivity contribution in [3.05, 3.63) is 100 Å². The summed E-state index contributed by atoms with van der Waals surface area (Å²) in [6.45, 7) is 0. The minimum atomic E-state index is 1.27. The van der Waals surface area contributed by atoms with Crippen LogP contribution in [0.15, 0.2) is 78.2 Å². The average Bonchev–Trinajstić information content (AvgIpc) is 2.95. The molecule has 18 heavy (non-hydrogen) atoms. The molecule has 1 heterocycles. The van der Waals surface area contributed by atoms with Crippen molar-refractivity contribution in [3.8, 4) is 0 Å². The van der Waals surface area contributed by atoms with E-state index >= 15 is 0 Å². The van der Waals surface area contributed by atoms with E-state index in [2.05, 4.69) is 78.2 Å². The molecule has 87 valence electrons. The lowest BCUT2D eigenvalue weighted by molar-refractivity contribution is 1.27. The predicted octanol–water partition coefficient (Wildman–Crippen LogP) is 4.77. The summed E-state index contributed by atoms with van der Waals surface area (Å²) in [5, 5.41) is 2.13. The first-order valence-corrected chi connectivity index (χ1v) is 6.85. The number of rotatable bonds is 3. The van der Waals surface area contributed by atoms with E-state index < -0.39 is 0 Å². The van der Waals surface area contributed by atoms with Crippen LogP contribution in [0.3, 0.4) is 0 Å². The lowest BCUT2D eigenvalue weighted by atomic mass is 9.90. The van der Waals surface area contributed by atoms with E-state index in [0.717, 1.165) is 0 Å². The molecule has 0 aliphatic carbocycles. The molecule has 0 spiro atoms. The molecule has 0 fully saturated rings. The Morgan fingerprint density at radius 3 is 1.61 bits per heavy atom. The molecule has 3 rings (SSSR count). The van der Waals surface area contributed by atoms with Gasteiger partial charge in [0.05, 0.1) is 5.92 Å². The minimum absolute atomic E-state index is 1.27. The van der Waals surface area contributed by atoms with Crippen LogP contribution < -0.4 is 0 Å². The van der Waals surface area contributed by atoms with Crippen molar-refractivity contribution < 1.29 is 0 Å². The maximum atomic E-state index is 2.18. The maximum Gasteiger partial charge on any atom is 0.0730 e. The summed E-state index contributed by atoms with van der Waals surface area (Å²) in [5.74, 6) is 1.31. The van der Waals surface area contributed by atoms with E-state index in [1.807, 2.05) is 0 Å². The molecule has 3 aromatic rings. The summed E-state index contributed by atoms with van der Waals surface area (Å²) in [7, 11) is 0. The Labute approximate surface area is 112 Å². The molecule has 0 atom stereocenters. The monoisotopic (exact) mass is 249 g/mol. The Morgan fingerprint density at radius 2 is 1.17 bits per heavy atom. The number of thiophene rings is 1. The molecular formula is C17H13S. The Morgan fingerprint density at radius 1 is 0.611 bits per heavy atom. The van der Waals surface area contributed by atoms with Gasteiger partial charge in [0.25, 0.3) is 0 Å². The Bertz CT molecular complexity index is 543. The Balaban J connectivity index is 2.11. The van der Waals surface area contributed by atoms with Gasteiger partial charge in [0.1, 0.15) is 0 Å². The molecule has 0 saturated heterocycles. The van der Waals surface area contributed by atoms with E-state index in [1.165, 1.54) is 21.9 Å². The molecule has 0 unspecified atom stereocenters. The molecule has 0 aliphatic rings. The fraction of sp³-hybridized carbons (Fsp3) is 0. The standard InChI is InChI=1S/C17H13S/c1-3-8-14(9-4-1)17(16-12-7-13-18-16)15-10-5-2-6-11-15/h1-13H. The van der Waals surface area contributed by atoms with Gasteiger partial charge in [0, 0.05) is 4.88 Å². The summed E-state index contributed by atoms with van der Waals surface area (Å²) in [5.41, 5.74) is 2.54. The van der Waals surface area contributed by atoms with E-state index in [9.17, 15) is 0 Å². The highest BCUT2D eigenvalue weighted by Gasteiger charge is 2.17. The summed E-state index contributed by atoms with van der Waals surface area (Å²) in [4.78, 5) is 1.31. The fourth-order valence-corrected chi connectivity index (χ4v) is 2.90. The van der Waals surface area contributed by atoms with E-state index in [1.54, 1.807) is 11.3 Å². The van der Waals surface area contributed by atoms with Crippen LogP contribution in [0.25, 0.3) is 0 Å². The molecule has 1 radical (unpaired) electrons. The van der Waals surface area contributed by atoms with Gasteiger partial charge in [0.2, 0.25) is 0 Å². The summed E-state index contributed by atoms with van der Waals surface area (Å²) >= 11 is 1.78. The zero-order chi connectivity index (χ0) is 12.2. The molecule has 0 N–H and O–H groups in total. The van der Waals surface area contributed by atoms with Crippen molar-refractivity contribution >= 4 is 11.3 Å². The number of hydrogen-bond donors (Lipinski definition) is 0. The van der Waals surface area contributed by atoms with Crippen LogP contribution in [0.4, 0.5) is 0 Å². The largest absolute Gasteiger partial charge is 0.148 e. The number of hydrogen-bond acceptors (Lipinski definition) is 1. The lowest BCUT2D eigenvalue weighted by Crippen LogP contribution is -2.01. The third-order valence-electron chi connectivity index (χ3n) is 2.89.